The monoisotopic (exact) mass is 272 g/mol. The standard InChI is InChI=1S/C18H12N2O/c21-20-12-15(11-14-6-2-4-8-18(14)20)17-10-9-13-5-1-3-7-16(13)19-17/h1-12H. The van der Waals surface area contributed by atoms with Crippen molar-refractivity contribution in [1.29, 1.82) is 0 Å². The maximum Gasteiger partial charge on any atom is 0.223 e. The minimum absolute atomic E-state index is 0.669. The molecule has 2 aromatic carbocycles. The molecule has 3 nitrogen and oxygen atoms in total. The van der Waals surface area contributed by atoms with Gasteiger partial charge in [0, 0.05) is 16.8 Å². The first-order chi connectivity index (χ1) is 10.3. The number of pyridine rings is 2. The van der Waals surface area contributed by atoms with Crippen LogP contribution in [0.5, 0.6) is 0 Å². The van der Waals surface area contributed by atoms with Crippen molar-refractivity contribution in [1.82, 2.24) is 4.98 Å². The molecule has 0 spiro atoms. The van der Waals surface area contributed by atoms with E-state index in [0.29, 0.717) is 5.52 Å². The van der Waals surface area contributed by atoms with Crippen LogP contribution in [0.1, 0.15) is 0 Å². The Morgan fingerprint density at radius 3 is 2.48 bits per heavy atom. The van der Waals surface area contributed by atoms with Crippen molar-refractivity contribution in [2.45, 2.75) is 0 Å². The summed E-state index contributed by atoms with van der Waals surface area (Å²) in [5.74, 6) is 0. The molecule has 0 aliphatic heterocycles. The third-order valence-electron chi connectivity index (χ3n) is 3.64. The maximum absolute atomic E-state index is 12.1. The van der Waals surface area contributed by atoms with Crippen LogP contribution in [0.25, 0.3) is 33.1 Å². The first-order valence-electron chi connectivity index (χ1n) is 6.79. The molecule has 0 saturated heterocycles. The smallest absolute Gasteiger partial charge is 0.223 e. The largest absolute Gasteiger partial charge is 0.618 e. The lowest BCUT2D eigenvalue weighted by Crippen LogP contribution is -2.26. The van der Waals surface area contributed by atoms with Crippen LogP contribution in [0.2, 0.25) is 0 Å². The van der Waals surface area contributed by atoms with Gasteiger partial charge in [0.2, 0.25) is 5.52 Å². The Labute approximate surface area is 121 Å². The van der Waals surface area contributed by atoms with E-state index in [9.17, 15) is 5.21 Å². The number of hydrogen-bond donors (Lipinski definition) is 0. The highest BCUT2D eigenvalue weighted by Gasteiger charge is 2.09. The van der Waals surface area contributed by atoms with E-state index in [-0.39, 0.29) is 0 Å². The van der Waals surface area contributed by atoms with Gasteiger partial charge in [-0.15, -0.1) is 0 Å². The topological polar surface area (TPSA) is 39.8 Å². The van der Waals surface area contributed by atoms with Gasteiger partial charge in [-0.1, -0.05) is 36.4 Å². The van der Waals surface area contributed by atoms with Crippen molar-refractivity contribution in [3.63, 3.8) is 0 Å². The van der Waals surface area contributed by atoms with Crippen molar-refractivity contribution in [3.8, 4) is 11.3 Å². The normalized spacial score (nSPS) is 11.0. The van der Waals surface area contributed by atoms with Crippen molar-refractivity contribution in [2.75, 3.05) is 0 Å². The van der Waals surface area contributed by atoms with E-state index < -0.39 is 0 Å². The number of hydrogen-bond acceptors (Lipinski definition) is 2. The van der Waals surface area contributed by atoms with E-state index in [0.717, 1.165) is 32.3 Å². The lowest BCUT2D eigenvalue weighted by atomic mass is 10.1. The van der Waals surface area contributed by atoms with Crippen molar-refractivity contribution < 1.29 is 4.73 Å². The highest BCUT2D eigenvalue weighted by molar-refractivity contribution is 5.84. The summed E-state index contributed by atoms with van der Waals surface area (Å²) in [5, 5.41) is 14.1. The second kappa shape index (κ2) is 4.56. The van der Waals surface area contributed by atoms with Crippen LogP contribution < -0.4 is 4.73 Å². The molecular weight excluding hydrogens is 260 g/mol. The minimum Gasteiger partial charge on any atom is -0.618 e. The van der Waals surface area contributed by atoms with Gasteiger partial charge in [0.05, 0.1) is 16.8 Å². The molecule has 100 valence electrons. The zero-order valence-corrected chi connectivity index (χ0v) is 11.2. The van der Waals surface area contributed by atoms with Crippen molar-refractivity contribution in [2.24, 2.45) is 0 Å². The predicted molar refractivity (Wildman–Crippen MR) is 83.6 cm³/mol. The number of rotatable bonds is 1. The Kier molecular flexibility index (Phi) is 2.57. The lowest BCUT2D eigenvalue weighted by Gasteiger charge is -2.06. The maximum atomic E-state index is 12.1. The Bertz CT molecular complexity index is 963. The van der Waals surface area contributed by atoms with Gasteiger partial charge in [-0.25, -0.2) is 4.98 Å². The lowest BCUT2D eigenvalue weighted by molar-refractivity contribution is -0.576. The molecule has 0 bridgehead atoms. The third kappa shape index (κ3) is 1.99. The van der Waals surface area contributed by atoms with Gasteiger partial charge in [-0.2, -0.15) is 4.73 Å². The minimum atomic E-state index is 0.669. The predicted octanol–water partition coefficient (Wildman–Crippen LogP) is 3.69. The fourth-order valence-corrected chi connectivity index (χ4v) is 2.58. The van der Waals surface area contributed by atoms with Gasteiger partial charge in [-0.05, 0) is 24.3 Å². The van der Waals surface area contributed by atoms with Crippen LogP contribution in [-0.4, -0.2) is 4.98 Å². The first kappa shape index (κ1) is 11.9. The van der Waals surface area contributed by atoms with Gasteiger partial charge in [0.1, 0.15) is 0 Å². The molecule has 0 N–H and O–H groups in total. The van der Waals surface area contributed by atoms with Gasteiger partial charge < -0.3 is 5.21 Å². The van der Waals surface area contributed by atoms with Crippen LogP contribution in [0, 0.1) is 5.21 Å². The number of aromatic nitrogens is 2. The number of benzene rings is 2. The van der Waals surface area contributed by atoms with Gasteiger partial charge >= 0.3 is 0 Å². The number of para-hydroxylation sites is 2. The molecule has 0 aliphatic carbocycles. The van der Waals surface area contributed by atoms with Crippen LogP contribution in [0.3, 0.4) is 0 Å². The summed E-state index contributed by atoms with van der Waals surface area (Å²) in [4.78, 5) is 4.64. The Hall–Kier alpha value is -2.94. The van der Waals surface area contributed by atoms with E-state index in [1.807, 2.05) is 66.7 Å². The Morgan fingerprint density at radius 1 is 0.810 bits per heavy atom. The average molecular weight is 272 g/mol. The molecule has 0 amide bonds. The molecule has 0 fully saturated rings. The average Bonchev–Trinajstić information content (AvgIpc) is 2.54. The second-order valence-electron chi connectivity index (χ2n) is 5.00. The van der Waals surface area contributed by atoms with Crippen molar-refractivity contribution in [3.05, 3.63) is 78.1 Å². The highest BCUT2D eigenvalue weighted by Crippen LogP contribution is 2.22. The zero-order chi connectivity index (χ0) is 14.2. The molecule has 2 heterocycles. The van der Waals surface area contributed by atoms with Crippen molar-refractivity contribution >= 4 is 21.8 Å². The van der Waals surface area contributed by atoms with Crippen LogP contribution >= 0.6 is 0 Å². The first-order valence-corrected chi connectivity index (χ1v) is 6.79. The fourth-order valence-electron chi connectivity index (χ4n) is 2.58. The van der Waals surface area contributed by atoms with Gasteiger partial charge in [0.25, 0.3) is 0 Å². The quantitative estimate of drug-likeness (QED) is 0.391. The fraction of sp³-hybridized carbons (Fsp3) is 0. The van der Waals surface area contributed by atoms with Crippen LogP contribution in [0.4, 0.5) is 0 Å². The summed E-state index contributed by atoms with van der Waals surface area (Å²) in [6.07, 6.45) is 1.58. The summed E-state index contributed by atoms with van der Waals surface area (Å²) >= 11 is 0. The summed E-state index contributed by atoms with van der Waals surface area (Å²) < 4.78 is 0.904. The van der Waals surface area contributed by atoms with Crippen LogP contribution in [0.15, 0.2) is 72.9 Å². The summed E-state index contributed by atoms with van der Waals surface area (Å²) in [6.45, 7) is 0. The van der Waals surface area contributed by atoms with E-state index in [4.69, 9.17) is 0 Å². The third-order valence-corrected chi connectivity index (χ3v) is 3.64. The summed E-state index contributed by atoms with van der Waals surface area (Å²) in [6, 6.07) is 21.5. The van der Waals surface area contributed by atoms with Gasteiger partial charge in [0.15, 0.2) is 6.20 Å². The van der Waals surface area contributed by atoms with Crippen LogP contribution in [-0.2, 0) is 0 Å². The molecule has 3 heteroatoms. The Morgan fingerprint density at radius 2 is 1.57 bits per heavy atom. The SMILES string of the molecule is [O-][n+]1cc(-c2ccc3ccccc3n2)cc2ccccc21. The van der Waals surface area contributed by atoms with Gasteiger partial charge in [-0.3, -0.25) is 0 Å². The second-order valence-corrected chi connectivity index (χ2v) is 5.00. The zero-order valence-electron chi connectivity index (χ0n) is 11.2. The molecule has 4 rings (SSSR count). The molecule has 0 saturated carbocycles. The summed E-state index contributed by atoms with van der Waals surface area (Å²) in [7, 11) is 0. The molecule has 0 unspecified atom stereocenters. The molecule has 2 aromatic heterocycles. The van der Waals surface area contributed by atoms with E-state index in [1.165, 1.54) is 0 Å². The number of nitrogens with zero attached hydrogens (tertiary/aromatic N) is 2. The molecule has 4 aromatic rings. The number of fused-ring (bicyclic) bond motifs is 2. The molecule has 0 aliphatic rings. The highest BCUT2D eigenvalue weighted by atomic mass is 16.5. The molecular formula is C18H12N2O. The molecule has 0 radical (unpaired) electrons. The summed E-state index contributed by atoms with van der Waals surface area (Å²) in [5.41, 5.74) is 3.24. The van der Waals surface area contributed by atoms with E-state index in [2.05, 4.69) is 4.98 Å². The Balaban J connectivity index is 1.95. The van der Waals surface area contributed by atoms with E-state index in [1.54, 1.807) is 6.20 Å². The molecule has 0 atom stereocenters. The van der Waals surface area contributed by atoms with E-state index >= 15 is 0 Å². The molecule has 21 heavy (non-hydrogen) atoms.